The van der Waals surface area contributed by atoms with E-state index in [2.05, 4.69) is 11.3 Å². The molecule has 3 rings (SSSR count). The first kappa shape index (κ1) is 15.8. The predicted octanol–water partition coefficient (Wildman–Crippen LogP) is 3.73. The van der Waals surface area contributed by atoms with E-state index in [9.17, 15) is 9.59 Å². The molecule has 0 saturated carbocycles. The van der Waals surface area contributed by atoms with E-state index in [1.165, 1.54) is 7.11 Å². The smallest absolute Gasteiger partial charge is 0.437 e. The molecule has 0 bridgehead atoms. The molecule has 0 saturated heterocycles. The topological polar surface area (TPSA) is 61.8 Å². The van der Waals surface area contributed by atoms with Gasteiger partial charge in [0, 0.05) is 28.0 Å². The van der Waals surface area contributed by atoms with E-state index in [0.717, 1.165) is 17.2 Å². The summed E-state index contributed by atoms with van der Waals surface area (Å²) in [6, 6.07) is 7.30. The summed E-state index contributed by atoms with van der Waals surface area (Å²) < 4.78 is 15.5. The maximum Gasteiger partial charge on any atom is 0.513 e. The zero-order chi connectivity index (χ0) is 17.1. The Hall–Kier alpha value is -3.08. The molecule has 1 aliphatic carbocycles. The summed E-state index contributed by atoms with van der Waals surface area (Å²) in [7, 11) is 1.26. The molecule has 0 N–H and O–H groups in total. The highest BCUT2D eigenvalue weighted by molar-refractivity contribution is 5.99. The highest BCUT2D eigenvalue weighted by atomic mass is 16.7. The molecule has 0 heterocycles. The summed E-state index contributed by atoms with van der Waals surface area (Å²) in [4.78, 5) is 23.4. The third-order valence-electron chi connectivity index (χ3n) is 3.86. The van der Waals surface area contributed by atoms with E-state index in [1.807, 2.05) is 36.4 Å². The number of esters is 1. The van der Waals surface area contributed by atoms with E-state index >= 15 is 0 Å². The van der Waals surface area contributed by atoms with E-state index < -0.39 is 12.1 Å². The van der Waals surface area contributed by atoms with E-state index in [-0.39, 0.29) is 0 Å². The van der Waals surface area contributed by atoms with Gasteiger partial charge in [-0.1, -0.05) is 43.0 Å². The van der Waals surface area contributed by atoms with Gasteiger partial charge in [0.25, 0.3) is 0 Å². The number of hydrogen-bond donors (Lipinski definition) is 0. The third kappa shape index (κ3) is 2.76. The van der Waals surface area contributed by atoms with Crippen LogP contribution in [-0.2, 0) is 22.4 Å². The lowest BCUT2D eigenvalue weighted by molar-refractivity contribution is -0.128. The maximum absolute atomic E-state index is 11.8. The van der Waals surface area contributed by atoms with Gasteiger partial charge in [-0.2, -0.15) is 0 Å². The molecular formula is C19H16O5. The largest absolute Gasteiger partial charge is 0.513 e. The average Bonchev–Trinajstić information content (AvgIpc) is 2.63. The van der Waals surface area contributed by atoms with Crippen LogP contribution in [0.2, 0.25) is 0 Å². The van der Waals surface area contributed by atoms with Crippen LogP contribution in [0.3, 0.4) is 0 Å². The molecule has 5 nitrogen and oxygen atoms in total. The normalized spacial score (nSPS) is 12.4. The number of allylic oxidation sites excluding steroid dienone is 2. The van der Waals surface area contributed by atoms with Crippen molar-refractivity contribution in [2.75, 3.05) is 7.11 Å². The minimum atomic E-state index is -0.784. The van der Waals surface area contributed by atoms with Gasteiger partial charge in [-0.15, -0.1) is 0 Å². The number of fused-ring (bicyclic) bond motifs is 2. The van der Waals surface area contributed by atoms with Gasteiger partial charge in [0.1, 0.15) is 11.5 Å². The quantitative estimate of drug-likeness (QED) is 0.283. The van der Waals surface area contributed by atoms with Gasteiger partial charge in [-0.3, -0.25) is 0 Å². The molecule has 0 spiro atoms. The van der Waals surface area contributed by atoms with Crippen LogP contribution in [0.15, 0.2) is 49.1 Å². The lowest BCUT2D eigenvalue weighted by atomic mass is 9.90. The molecule has 5 heteroatoms. The van der Waals surface area contributed by atoms with Crippen molar-refractivity contribution in [2.24, 2.45) is 0 Å². The molecule has 2 aromatic rings. The van der Waals surface area contributed by atoms with Crippen molar-refractivity contribution in [1.29, 1.82) is 0 Å². The zero-order valence-corrected chi connectivity index (χ0v) is 13.2. The van der Waals surface area contributed by atoms with Crippen molar-refractivity contribution in [1.82, 2.24) is 0 Å². The summed E-state index contributed by atoms with van der Waals surface area (Å²) in [6.45, 7) is 3.44. The molecule has 122 valence electrons. The molecule has 0 atom stereocenters. The number of carbonyl (C=O) groups excluding carboxylic acids is 2. The number of ether oxygens (including phenoxy) is 3. The second-order valence-corrected chi connectivity index (χ2v) is 5.22. The number of carbonyl (C=O) groups is 2. The van der Waals surface area contributed by atoms with Gasteiger partial charge in [0.15, 0.2) is 0 Å². The van der Waals surface area contributed by atoms with Gasteiger partial charge in [-0.05, 0) is 12.8 Å². The van der Waals surface area contributed by atoms with Crippen LogP contribution in [0.1, 0.15) is 11.1 Å². The number of hydrogen-bond acceptors (Lipinski definition) is 5. The highest BCUT2D eigenvalue weighted by Crippen LogP contribution is 2.43. The lowest BCUT2D eigenvalue weighted by Gasteiger charge is -2.21. The fraction of sp³-hybridized carbons (Fsp3) is 0.158. The fourth-order valence-corrected chi connectivity index (χ4v) is 2.81. The van der Waals surface area contributed by atoms with Crippen molar-refractivity contribution >= 4 is 22.9 Å². The van der Waals surface area contributed by atoms with Crippen molar-refractivity contribution in [3.8, 4) is 11.5 Å². The first-order valence-electron chi connectivity index (χ1n) is 7.47. The zero-order valence-electron chi connectivity index (χ0n) is 13.2. The van der Waals surface area contributed by atoms with Crippen LogP contribution in [0.5, 0.6) is 11.5 Å². The molecule has 1 aliphatic rings. The van der Waals surface area contributed by atoms with Gasteiger partial charge in [-0.25, -0.2) is 9.59 Å². The van der Waals surface area contributed by atoms with Crippen molar-refractivity contribution < 1.29 is 23.8 Å². The molecular weight excluding hydrogens is 308 g/mol. The van der Waals surface area contributed by atoms with E-state index in [0.29, 0.717) is 35.1 Å². The molecule has 0 fully saturated rings. The number of benzene rings is 2. The first-order chi connectivity index (χ1) is 11.7. The third-order valence-corrected chi connectivity index (χ3v) is 3.86. The van der Waals surface area contributed by atoms with E-state index in [4.69, 9.17) is 9.47 Å². The molecule has 0 radical (unpaired) electrons. The summed E-state index contributed by atoms with van der Waals surface area (Å²) in [6.07, 6.45) is 5.47. The Kier molecular flexibility index (Phi) is 4.33. The lowest BCUT2D eigenvalue weighted by Crippen LogP contribution is -2.14. The minimum absolute atomic E-state index is 0.440. The van der Waals surface area contributed by atoms with Gasteiger partial charge < -0.3 is 14.2 Å². The minimum Gasteiger partial charge on any atom is -0.437 e. The Labute approximate surface area is 139 Å². The SMILES string of the molecule is C=CC(=O)Oc1c2c(c(OC(=O)OC)c3ccccc13)CC=CC2. The Morgan fingerprint density at radius 2 is 1.54 bits per heavy atom. The average molecular weight is 324 g/mol. The Balaban J connectivity index is 2.29. The Morgan fingerprint density at radius 1 is 1.00 bits per heavy atom. The number of methoxy groups -OCH3 is 1. The standard InChI is InChI=1S/C19H16O5/c1-3-16(20)23-17-12-8-4-6-10-14(12)18(24-19(21)22-2)15-11-7-5-9-13(15)17/h3-8,10H,1,9,11H2,2H3. The molecule has 2 aromatic carbocycles. The van der Waals surface area contributed by atoms with Crippen molar-refractivity contribution in [3.63, 3.8) is 0 Å². The highest BCUT2D eigenvalue weighted by Gasteiger charge is 2.24. The van der Waals surface area contributed by atoms with Crippen LogP contribution < -0.4 is 9.47 Å². The van der Waals surface area contributed by atoms with Crippen LogP contribution in [0, 0.1) is 0 Å². The molecule has 0 aromatic heterocycles. The van der Waals surface area contributed by atoms with Crippen molar-refractivity contribution in [3.05, 3.63) is 60.2 Å². The van der Waals surface area contributed by atoms with Crippen LogP contribution in [-0.4, -0.2) is 19.2 Å². The van der Waals surface area contributed by atoms with Crippen LogP contribution in [0.4, 0.5) is 4.79 Å². The van der Waals surface area contributed by atoms with Gasteiger partial charge in [0.2, 0.25) is 0 Å². The maximum atomic E-state index is 11.8. The molecule has 0 unspecified atom stereocenters. The van der Waals surface area contributed by atoms with Crippen LogP contribution in [0.25, 0.3) is 10.8 Å². The number of rotatable bonds is 3. The van der Waals surface area contributed by atoms with Crippen LogP contribution >= 0.6 is 0 Å². The first-order valence-corrected chi connectivity index (χ1v) is 7.47. The summed E-state index contributed by atoms with van der Waals surface area (Å²) in [5.74, 6) is 0.390. The second kappa shape index (κ2) is 6.58. The fourth-order valence-electron chi connectivity index (χ4n) is 2.81. The summed E-state index contributed by atoms with van der Waals surface area (Å²) >= 11 is 0. The Bertz CT molecular complexity index is 864. The summed E-state index contributed by atoms with van der Waals surface area (Å²) in [5, 5.41) is 1.38. The molecule has 24 heavy (non-hydrogen) atoms. The predicted molar refractivity (Wildman–Crippen MR) is 89.4 cm³/mol. The van der Waals surface area contributed by atoms with Gasteiger partial charge in [0.05, 0.1) is 7.11 Å². The molecule has 0 aliphatic heterocycles. The molecule has 0 amide bonds. The Morgan fingerprint density at radius 3 is 2.04 bits per heavy atom. The van der Waals surface area contributed by atoms with Crippen molar-refractivity contribution in [2.45, 2.75) is 12.8 Å². The van der Waals surface area contributed by atoms with Gasteiger partial charge >= 0.3 is 12.1 Å². The van der Waals surface area contributed by atoms with E-state index in [1.54, 1.807) is 0 Å². The summed E-state index contributed by atoms with van der Waals surface area (Å²) in [5.41, 5.74) is 1.64. The second-order valence-electron chi connectivity index (χ2n) is 5.22. The monoisotopic (exact) mass is 324 g/mol.